The Morgan fingerprint density at radius 3 is 2.09 bits per heavy atom. The Balaban J connectivity index is 2.49. The van der Waals surface area contributed by atoms with E-state index in [1.807, 2.05) is 0 Å². The van der Waals surface area contributed by atoms with Gasteiger partial charge < -0.3 is 9.47 Å². The maximum atomic E-state index is 13.7. The first-order chi connectivity index (χ1) is 15.6. The number of ether oxygens (including phenoxy) is 2. The van der Waals surface area contributed by atoms with E-state index in [0.29, 0.717) is 5.56 Å². The van der Waals surface area contributed by atoms with Crippen LogP contribution in [0.1, 0.15) is 25.0 Å². The Morgan fingerprint density at radius 2 is 1.52 bits per heavy atom. The van der Waals surface area contributed by atoms with E-state index in [1.165, 1.54) is 32.0 Å². The fourth-order valence-electron chi connectivity index (χ4n) is 3.57. The Kier molecular flexibility index (Phi) is 6.82. The van der Waals surface area contributed by atoms with Gasteiger partial charge in [-0.05, 0) is 25.5 Å². The molecule has 0 fully saturated rings. The summed E-state index contributed by atoms with van der Waals surface area (Å²) in [5.74, 6) is -2.47. The van der Waals surface area contributed by atoms with Crippen molar-refractivity contribution in [3.05, 3.63) is 71.3 Å². The van der Waals surface area contributed by atoms with Crippen molar-refractivity contribution in [1.29, 1.82) is 0 Å². The van der Waals surface area contributed by atoms with Crippen LogP contribution >= 0.6 is 0 Å². The summed E-state index contributed by atoms with van der Waals surface area (Å²) in [5.41, 5.74) is -6.26. The Hall–Kier alpha value is -3.34. The molecule has 2 aromatic carbocycles. The molecule has 11 heteroatoms. The number of benzene rings is 2. The summed E-state index contributed by atoms with van der Waals surface area (Å²) in [5, 5.41) is 0. The molecule has 0 spiro atoms. The third kappa shape index (κ3) is 4.32. The molecule has 3 rings (SSSR count). The number of carbonyl (C=O) groups is 2. The van der Waals surface area contributed by atoms with Crippen molar-refractivity contribution < 1.29 is 40.7 Å². The van der Waals surface area contributed by atoms with Gasteiger partial charge >= 0.3 is 27.5 Å². The number of fused-ring (bicyclic) bond motifs is 1. The highest BCUT2D eigenvalue weighted by atomic mass is 32.2. The van der Waals surface area contributed by atoms with Crippen LogP contribution in [0.5, 0.6) is 0 Å². The standard InChI is InChI=1S/C22H20F3NO6S/c1-3-31-20(27)18-17(14-10-6-5-7-11-14)15-12-8-9-13-16(15)26(19(18)21(28)32-4-2)33(29,30)22(23,24)25/h5-13,19H,3-4H2,1-2H3. The van der Waals surface area contributed by atoms with Crippen LogP contribution in [-0.2, 0) is 29.1 Å². The van der Waals surface area contributed by atoms with Gasteiger partial charge in [-0.3, -0.25) is 0 Å². The SMILES string of the molecule is CCOC(=O)C1=C(c2ccccc2)c2ccccc2N(S(=O)(=O)C(F)(F)F)C1C(=O)OCC. The van der Waals surface area contributed by atoms with Crippen LogP contribution in [-0.4, -0.2) is 45.1 Å². The number of esters is 2. The first-order valence-electron chi connectivity index (χ1n) is 9.89. The predicted octanol–water partition coefficient (Wildman–Crippen LogP) is 3.65. The van der Waals surface area contributed by atoms with Gasteiger partial charge in [-0.15, -0.1) is 0 Å². The lowest BCUT2D eigenvalue weighted by molar-refractivity contribution is -0.147. The molecule has 1 aliphatic rings. The zero-order chi connectivity index (χ0) is 24.4. The second-order valence-corrected chi connectivity index (χ2v) is 8.60. The molecule has 2 aromatic rings. The lowest BCUT2D eigenvalue weighted by atomic mass is 9.85. The summed E-state index contributed by atoms with van der Waals surface area (Å²) in [4.78, 5) is 26.0. The largest absolute Gasteiger partial charge is 0.516 e. The first kappa shape index (κ1) is 24.3. The van der Waals surface area contributed by atoms with Gasteiger partial charge in [0.15, 0.2) is 6.04 Å². The van der Waals surface area contributed by atoms with Crippen LogP contribution < -0.4 is 4.31 Å². The second kappa shape index (κ2) is 9.26. The van der Waals surface area contributed by atoms with Crippen molar-refractivity contribution in [2.45, 2.75) is 25.4 Å². The van der Waals surface area contributed by atoms with E-state index in [-0.39, 0.29) is 28.7 Å². The summed E-state index contributed by atoms with van der Waals surface area (Å²) >= 11 is 0. The average Bonchev–Trinajstić information content (AvgIpc) is 2.77. The summed E-state index contributed by atoms with van der Waals surface area (Å²) < 4.78 is 76.4. The van der Waals surface area contributed by atoms with E-state index in [4.69, 9.17) is 9.47 Å². The molecule has 33 heavy (non-hydrogen) atoms. The molecule has 1 unspecified atom stereocenters. The minimum absolute atomic E-state index is 0.0140. The van der Waals surface area contributed by atoms with Gasteiger partial charge in [-0.25, -0.2) is 13.9 Å². The molecule has 0 aromatic heterocycles. The molecule has 1 heterocycles. The number of rotatable bonds is 6. The summed E-state index contributed by atoms with van der Waals surface area (Å²) in [7, 11) is -6.12. The van der Waals surface area contributed by atoms with Crippen molar-refractivity contribution >= 4 is 33.2 Å². The maximum Gasteiger partial charge on any atom is 0.516 e. The maximum absolute atomic E-state index is 13.7. The average molecular weight is 483 g/mol. The fraction of sp³-hybridized carbons (Fsp3) is 0.273. The Bertz CT molecular complexity index is 1190. The van der Waals surface area contributed by atoms with Gasteiger partial charge in [-0.2, -0.15) is 21.6 Å². The first-order valence-corrected chi connectivity index (χ1v) is 11.3. The normalized spacial score (nSPS) is 16.3. The lowest BCUT2D eigenvalue weighted by Crippen LogP contribution is -2.54. The number of carbonyl (C=O) groups excluding carboxylic acids is 2. The minimum atomic E-state index is -6.12. The van der Waals surface area contributed by atoms with Crippen LogP contribution in [0.2, 0.25) is 0 Å². The Morgan fingerprint density at radius 1 is 0.939 bits per heavy atom. The highest BCUT2D eigenvalue weighted by Gasteiger charge is 2.57. The van der Waals surface area contributed by atoms with Gasteiger partial charge in [-0.1, -0.05) is 48.5 Å². The molecule has 0 aliphatic carbocycles. The molecule has 1 aliphatic heterocycles. The van der Waals surface area contributed by atoms with Crippen LogP contribution in [0, 0.1) is 0 Å². The van der Waals surface area contributed by atoms with E-state index < -0.39 is 44.8 Å². The summed E-state index contributed by atoms with van der Waals surface area (Å²) in [6, 6.07) is 11.2. The molecule has 0 amide bonds. The number of halogens is 3. The number of para-hydroxylation sites is 1. The lowest BCUT2D eigenvalue weighted by Gasteiger charge is -2.38. The van der Waals surface area contributed by atoms with Crippen molar-refractivity contribution in [2.24, 2.45) is 0 Å². The third-order valence-electron chi connectivity index (χ3n) is 4.81. The van der Waals surface area contributed by atoms with E-state index in [1.54, 1.807) is 30.3 Å². The van der Waals surface area contributed by atoms with Gasteiger partial charge in [0, 0.05) is 11.1 Å². The van der Waals surface area contributed by atoms with Gasteiger partial charge in [0.2, 0.25) is 0 Å². The summed E-state index contributed by atoms with van der Waals surface area (Å²) in [6.45, 7) is 2.46. The van der Waals surface area contributed by atoms with Crippen molar-refractivity contribution in [2.75, 3.05) is 17.5 Å². The van der Waals surface area contributed by atoms with Crippen molar-refractivity contribution in [1.82, 2.24) is 0 Å². The van der Waals surface area contributed by atoms with Crippen LogP contribution in [0.3, 0.4) is 0 Å². The molecule has 0 saturated heterocycles. The van der Waals surface area contributed by atoms with E-state index in [2.05, 4.69) is 0 Å². The number of anilines is 1. The molecular formula is C22H20F3NO6S. The van der Waals surface area contributed by atoms with Crippen LogP contribution in [0.25, 0.3) is 5.57 Å². The highest BCUT2D eigenvalue weighted by molar-refractivity contribution is 7.93. The molecular weight excluding hydrogens is 463 g/mol. The zero-order valence-corrected chi connectivity index (χ0v) is 18.4. The predicted molar refractivity (Wildman–Crippen MR) is 113 cm³/mol. The van der Waals surface area contributed by atoms with Crippen molar-refractivity contribution in [3.63, 3.8) is 0 Å². The van der Waals surface area contributed by atoms with Crippen molar-refractivity contribution in [3.8, 4) is 0 Å². The quantitative estimate of drug-likeness (QED) is 0.583. The molecule has 0 bridgehead atoms. The smallest absolute Gasteiger partial charge is 0.464 e. The molecule has 7 nitrogen and oxygen atoms in total. The third-order valence-corrected chi connectivity index (χ3v) is 6.32. The topological polar surface area (TPSA) is 90.0 Å². The fourth-order valence-corrected chi connectivity index (χ4v) is 4.68. The Labute approximate surface area is 188 Å². The molecule has 0 radical (unpaired) electrons. The zero-order valence-electron chi connectivity index (χ0n) is 17.6. The minimum Gasteiger partial charge on any atom is -0.464 e. The van der Waals surface area contributed by atoms with E-state index >= 15 is 0 Å². The van der Waals surface area contributed by atoms with Crippen LogP contribution in [0.4, 0.5) is 18.9 Å². The van der Waals surface area contributed by atoms with Gasteiger partial charge in [0.1, 0.15) is 0 Å². The molecule has 0 saturated carbocycles. The second-order valence-electron chi connectivity index (χ2n) is 6.79. The molecule has 0 N–H and O–H groups in total. The monoisotopic (exact) mass is 483 g/mol. The van der Waals surface area contributed by atoms with Crippen LogP contribution in [0.15, 0.2) is 60.2 Å². The number of hydrogen-bond acceptors (Lipinski definition) is 6. The summed E-state index contributed by atoms with van der Waals surface area (Å²) in [6.07, 6.45) is 0. The van der Waals surface area contributed by atoms with E-state index in [9.17, 15) is 31.2 Å². The van der Waals surface area contributed by atoms with Gasteiger partial charge in [0.05, 0.1) is 24.5 Å². The number of nitrogens with zero attached hydrogens (tertiary/aromatic N) is 1. The number of alkyl halides is 3. The molecule has 176 valence electrons. The number of hydrogen-bond donors (Lipinski definition) is 0. The highest BCUT2D eigenvalue weighted by Crippen LogP contribution is 2.46. The van der Waals surface area contributed by atoms with E-state index in [0.717, 1.165) is 6.07 Å². The van der Waals surface area contributed by atoms with Gasteiger partial charge in [0.25, 0.3) is 0 Å². The molecule has 1 atom stereocenters. The number of sulfonamides is 1.